The zero-order valence-electron chi connectivity index (χ0n) is 50.6. The summed E-state index contributed by atoms with van der Waals surface area (Å²) in [6.45, 7) is 4.23. The topological polar surface area (TPSA) is 69.6 Å². The molecule has 0 aliphatic rings. The van der Waals surface area contributed by atoms with E-state index >= 15 is 0 Å². The molecule has 0 bridgehead atoms. The van der Waals surface area contributed by atoms with E-state index in [1.54, 1.807) is 6.08 Å². The molecule has 0 rings (SSSR count). The first-order valence-electron chi connectivity index (χ1n) is 33.7. The maximum Gasteiger partial charge on any atom is 0.220 e. The number of aliphatic hydroxyl groups is 2. The second-order valence-corrected chi connectivity index (χ2v) is 22.9. The number of amides is 1. The number of rotatable bonds is 62. The maximum absolute atomic E-state index is 12.5. The van der Waals surface area contributed by atoms with Gasteiger partial charge in [0, 0.05) is 6.42 Å². The third-order valence-electron chi connectivity index (χ3n) is 15.4. The maximum atomic E-state index is 12.5. The first-order chi connectivity index (χ1) is 37.2. The first-order valence-corrected chi connectivity index (χ1v) is 33.7. The summed E-state index contributed by atoms with van der Waals surface area (Å²) in [7, 11) is 0. The monoisotopic (exact) mass is 1050 g/mol. The summed E-state index contributed by atoms with van der Waals surface area (Å²) in [6, 6.07) is -0.623. The minimum Gasteiger partial charge on any atom is -0.394 e. The van der Waals surface area contributed by atoms with Crippen LogP contribution in [0.4, 0.5) is 0 Å². The Morgan fingerprint density at radius 2 is 0.587 bits per heavy atom. The van der Waals surface area contributed by atoms with Crippen molar-refractivity contribution in [3.63, 3.8) is 0 Å². The second kappa shape index (κ2) is 66.1. The molecular weight excluding hydrogens is 915 g/mol. The van der Waals surface area contributed by atoms with E-state index in [1.807, 2.05) is 6.08 Å². The van der Waals surface area contributed by atoms with E-state index in [1.165, 1.54) is 276 Å². The van der Waals surface area contributed by atoms with Gasteiger partial charge in [-0.25, -0.2) is 0 Å². The summed E-state index contributed by atoms with van der Waals surface area (Å²) in [4.78, 5) is 12.5. The van der Waals surface area contributed by atoms with Gasteiger partial charge in [-0.2, -0.15) is 0 Å². The van der Waals surface area contributed by atoms with Crippen molar-refractivity contribution in [3.8, 4) is 0 Å². The third kappa shape index (κ3) is 62.6. The van der Waals surface area contributed by atoms with Crippen molar-refractivity contribution in [2.24, 2.45) is 0 Å². The summed E-state index contributed by atoms with van der Waals surface area (Å²) in [5.74, 6) is -0.0575. The van der Waals surface area contributed by atoms with Gasteiger partial charge in [-0.15, -0.1) is 0 Å². The van der Waals surface area contributed by atoms with Gasteiger partial charge in [0.1, 0.15) is 0 Å². The molecule has 0 radical (unpaired) electrons. The van der Waals surface area contributed by atoms with Crippen LogP contribution in [0.3, 0.4) is 0 Å². The lowest BCUT2D eigenvalue weighted by Gasteiger charge is -2.20. The summed E-state index contributed by atoms with van der Waals surface area (Å²) in [5, 5.41) is 23.3. The van der Waals surface area contributed by atoms with Crippen LogP contribution in [0, 0.1) is 0 Å². The fourth-order valence-corrected chi connectivity index (χ4v) is 10.4. The van der Waals surface area contributed by atoms with E-state index in [0.29, 0.717) is 6.42 Å². The lowest BCUT2D eigenvalue weighted by atomic mass is 10.0. The zero-order chi connectivity index (χ0) is 54.1. The lowest BCUT2D eigenvalue weighted by molar-refractivity contribution is -0.123. The average molecular weight is 1050 g/mol. The van der Waals surface area contributed by atoms with Crippen LogP contribution in [0.25, 0.3) is 0 Å². The van der Waals surface area contributed by atoms with Crippen molar-refractivity contribution in [2.45, 2.75) is 366 Å². The van der Waals surface area contributed by atoms with E-state index in [-0.39, 0.29) is 12.5 Å². The van der Waals surface area contributed by atoms with E-state index in [2.05, 4.69) is 79.9 Å². The van der Waals surface area contributed by atoms with Gasteiger partial charge < -0.3 is 15.5 Å². The minimum absolute atomic E-state index is 0.0575. The molecular formula is C71H131NO3. The van der Waals surface area contributed by atoms with Crippen molar-refractivity contribution in [2.75, 3.05) is 6.61 Å². The Bertz CT molecular complexity index is 1280. The Hall–Kier alpha value is -2.17. The predicted octanol–water partition coefficient (Wildman–Crippen LogP) is 22.9. The van der Waals surface area contributed by atoms with Crippen molar-refractivity contribution < 1.29 is 15.0 Å². The standard InChI is InChI=1S/C71H131NO3/c1-3-5-7-9-11-13-15-17-19-21-23-25-27-28-29-30-31-32-33-34-35-36-37-38-39-40-41-42-43-44-45-47-49-51-53-55-57-59-61-63-65-67-71(75)72-69(68-73)70(74)66-64-62-60-58-56-54-52-50-48-46-26-24-22-20-18-16-14-12-10-8-6-4-2/h5,7,11,13,17,19,23,25,28-29,64,66,69-70,73-74H,3-4,6,8-10,12,14-16,18,20-22,24,26-27,30-63,65,67-68H2,1-2H3,(H,72,75)/b7-5-,13-11-,19-17-,25-23-,29-28-,66-64+. The molecule has 75 heavy (non-hydrogen) atoms. The second-order valence-electron chi connectivity index (χ2n) is 22.9. The molecule has 438 valence electrons. The van der Waals surface area contributed by atoms with Gasteiger partial charge in [-0.05, 0) is 64.2 Å². The fraction of sp³-hybridized carbons (Fsp3) is 0.817. The Balaban J connectivity index is 3.42. The van der Waals surface area contributed by atoms with Crippen molar-refractivity contribution in [3.05, 3.63) is 72.9 Å². The molecule has 3 N–H and O–H groups in total. The van der Waals surface area contributed by atoms with E-state index in [0.717, 1.165) is 57.8 Å². The average Bonchev–Trinajstić information content (AvgIpc) is 3.41. The van der Waals surface area contributed by atoms with Gasteiger partial charge in [0.05, 0.1) is 18.8 Å². The van der Waals surface area contributed by atoms with Crippen LogP contribution < -0.4 is 5.32 Å². The van der Waals surface area contributed by atoms with Crippen LogP contribution in [0.2, 0.25) is 0 Å². The minimum atomic E-state index is -0.840. The van der Waals surface area contributed by atoms with Crippen LogP contribution in [0.15, 0.2) is 72.9 Å². The Labute approximate surface area is 469 Å². The van der Waals surface area contributed by atoms with Crippen LogP contribution in [-0.4, -0.2) is 34.9 Å². The van der Waals surface area contributed by atoms with Gasteiger partial charge in [0.2, 0.25) is 5.91 Å². The van der Waals surface area contributed by atoms with Gasteiger partial charge >= 0.3 is 0 Å². The molecule has 2 atom stereocenters. The van der Waals surface area contributed by atoms with Crippen molar-refractivity contribution >= 4 is 5.91 Å². The molecule has 0 aromatic heterocycles. The smallest absolute Gasteiger partial charge is 0.220 e. The number of hydrogen-bond donors (Lipinski definition) is 3. The van der Waals surface area contributed by atoms with Gasteiger partial charge in [-0.3, -0.25) is 4.79 Å². The quantitative estimate of drug-likeness (QED) is 0.0420. The normalized spacial score (nSPS) is 13.2. The molecule has 4 heteroatoms. The van der Waals surface area contributed by atoms with Crippen LogP contribution in [0.5, 0.6) is 0 Å². The van der Waals surface area contributed by atoms with Crippen LogP contribution >= 0.6 is 0 Å². The third-order valence-corrected chi connectivity index (χ3v) is 15.4. The largest absolute Gasteiger partial charge is 0.394 e. The van der Waals surface area contributed by atoms with Crippen LogP contribution in [-0.2, 0) is 4.79 Å². The molecule has 0 spiro atoms. The molecule has 0 heterocycles. The summed E-state index contributed by atoms with van der Waals surface area (Å²) in [6.07, 6.45) is 95.5. The first kappa shape index (κ1) is 72.8. The van der Waals surface area contributed by atoms with Crippen molar-refractivity contribution in [1.29, 1.82) is 0 Å². The highest BCUT2D eigenvalue weighted by Gasteiger charge is 2.18. The molecule has 0 aromatic rings. The SMILES string of the molecule is CC/C=C\C/C=C\C/C=C\C/C=C\C/C=C\CCCCCCCCCCCCCCCCCCCCCCCCCCCC(=O)NC(CO)C(O)/C=C/CCCCCCCCCCCCCCCCCCCCCC. The molecule has 0 aliphatic carbocycles. The molecule has 1 amide bonds. The fourth-order valence-electron chi connectivity index (χ4n) is 10.4. The highest BCUT2D eigenvalue weighted by atomic mass is 16.3. The molecule has 0 fully saturated rings. The van der Waals surface area contributed by atoms with Crippen molar-refractivity contribution in [1.82, 2.24) is 5.32 Å². The highest BCUT2D eigenvalue weighted by Crippen LogP contribution is 2.18. The molecule has 0 aromatic carbocycles. The summed E-state index contributed by atoms with van der Waals surface area (Å²) in [5.41, 5.74) is 0. The van der Waals surface area contributed by atoms with E-state index < -0.39 is 12.1 Å². The zero-order valence-corrected chi connectivity index (χ0v) is 50.6. The predicted molar refractivity (Wildman–Crippen MR) is 336 cm³/mol. The van der Waals surface area contributed by atoms with E-state index in [4.69, 9.17) is 0 Å². The number of nitrogens with one attached hydrogen (secondary N) is 1. The molecule has 0 aliphatic heterocycles. The van der Waals surface area contributed by atoms with E-state index in [9.17, 15) is 15.0 Å². The van der Waals surface area contributed by atoms with Gasteiger partial charge in [0.25, 0.3) is 0 Å². The molecule has 0 saturated carbocycles. The van der Waals surface area contributed by atoms with Crippen LogP contribution in [0.1, 0.15) is 354 Å². The molecule has 4 nitrogen and oxygen atoms in total. The van der Waals surface area contributed by atoms with Gasteiger partial charge in [-0.1, -0.05) is 356 Å². The summed E-state index contributed by atoms with van der Waals surface area (Å²) < 4.78 is 0. The van der Waals surface area contributed by atoms with Gasteiger partial charge in [0.15, 0.2) is 0 Å². The number of unbranched alkanes of at least 4 members (excludes halogenated alkanes) is 45. The number of aliphatic hydroxyl groups excluding tert-OH is 2. The number of carbonyl (C=O) groups is 1. The number of hydrogen-bond acceptors (Lipinski definition) is 3. The Kier molecular flexibility index (Phi) is 64.2. The molecule has 0 saturated heterocycles. The number of allylic oxidation sites excluding steroid dienone is 11. The molecule has 2 unspecified atom stereocenters. The lowest BCUT2D eigenvalue weighted by Crippen LogP contribution is -2.45. The number of carbonyl (C=O) groups excluding carboxylic acids is 1. The summed E-state index contributed by atoms with van der Waals surface area (Å²) >= 11 is 0. The Morgan fingerprint density at radius 1 is 0.333 bits per heavy atom. The Morgan fingerprint density at radius 3 is 0.880 bits per heavy atom. The highest BCUT2D eigenvalue weighted by molar-refractivity contribution is 5.76.